The fourth-order valence-electron chi connectivity index (χ4n) is 4.00. The smallest absolute Gasteiger partial charge is 0.306 e. The third-order valence-corrected chi connectivity index (χ3v) is 6.05. The number of rotatable bonds is 25. The monoisotopic (exact) mass is 502 g/mol. The Kier molecular flexibility index (Phi) is 25.9. The van der Waals surface area contributed by atoms with Gasteiger partial charge >= 0.3 is 11.9 Å². The van der Waals surface area contributed by atoms with Crippen molar-refractivity contribution >= 4 is 11.9 Å². The molecule has 0 aromatic heterocycles. The van der Waals surface area contributed by atoms with Crippen molar-refractivity contribution in [3.63, 3.8) is 0 Å². The number of hydrogen-bond donors (Lipinski definition) is 1. The lowest BCUT2D eigenvalue weighted by Crippen LogP contribution is -2.18. The van der Waals surface area contributed by atoms with Crippen LogP contribution in [0.5, 0.6) is 0 Å². The van der Waals surface area contributed by atoms with Crippen LogP contribution in [0.4, 0.5) is 0 Å². The molecule has 36 heavy (non-hydrogen) atoms. The Morgan fingerprint density at radius 2 is 1.17 bits per heavy atom. The highest BCUT2D eigenvalue weighted by atomic mass is 16.5. The Labute approximate surface area is 222 Å². The molecular formula is C32H54O4. The van der Waals surface area contributed by atoms with Gasteiger partial charge in [0.1, 0.15) is 6.10 Å². The van der Waals surface area contributed by atoms with Gasteiger partial charge in [0.25, 0.3) is 0 Å². The fraction of sp³-hybridized carbons (Fsp3) is 0.688. The maximum absolute atomic E-state index is 12.1. The molecule has 0 saturated heterocycles. The Hall–Kier alpha value is -2.10. The number of carbonyl (C=O) groups is 2. The summed E-state index contributed by atoms with van der Waals surface area (Å²) in [7, 11) is 0. The largest absolute Gasteiger partial charge is 0.481 e. The molecule has 0 rings (SSSR count). The maximum atomic E-state index is 12.1. The minimum atomic E-state index is -0.789. The predicted octanol–water partition coefficient (Wildman–Crippen LogP) is 9.66. The molecule has 0 aliphatic heterocycles. The van der Waals surface area contributed by atoms with Crippen LogP contribution in [0.1, 0.15) is 136 Å². The summed E-state index contributed by atoms with van der Waals surface area (Å²) < 4.78 is 5.57. The van der Waals surface area contributed by atoms with Crippen LogP contribution in [0.3, 0.4) is 0 Å². The summed E-state index contributed by atoms with van der Waals surface area (Å²) in [5, 5.41) is 8.76. The van der Waals surface area contributed by atoms with E-state index >= 15 is 0 Å². The zero-order valence-corrected chi connectivity index (χ0v) is 23.3. The first-order valence-electron chi connectivity index (χ1n) is 14.6. The van der Waals surface area contributed by atoms with E-state index in [1.54, 1.807) is 0 Å². The van der Waals surface area contributed by atoms with Crippen LogP contribution >= 0.6 is 0 Å². The van der Waals surface area contributed by atoms with E-state index < -0.39 is 5.97 Å². The molecule has 0 fully saturated rings. The van der Waals surface area contributed by atoms with Gasteiger partial charge in [-0.1, -0.05) is 107 Å². The minimum absolute atomic E-state index is 0.125. The highest BCUT2D eigenvalue weighted by molar-refractivity contribution is 5.69. The van der Waals surface area contributed by atoms with E-state index in [1.807, 2.05) is 0 Å². The molecule has 0 aromatic carbocycles. The molecular weight excluding hydrogens is 448 g/mol. The second-order valence-corrected chi connectivity index (χ2v) is 9.55. The van der Waals surface area contributed by atoms with Gasteiger partial charge in [-0.3, -0.25) is 9.59 Å². The maximum Gasteiger partial charge on any atom is 0.306 e. The molecule has 0 aromatic rings. The summed E-state index contributed by atoms with van der Waals surface area (Å²) in [4.78, 5) is 22.7. The van der Waals surface area contributed by atoms with Crippen molar-refractivity contribution in [2.45, 2.75) is 142 Å². The van der Waals surface area contributed by atoms with Crippen molar-refractivity contribution in [2.24, 2.45) is 0 Å². The minimum Gasteiger partial charge on any atom is -0.481 e. The SMILES string of the molecule is CC/C=C\C/C=C\C/C=C\C/C=C\CCCCCCCCCCC(=O)OC(CCC)CCCC(=O)O. The second kappa shape index (κ2) is 27.5. The standard InChI is InChI=1S/C32H54O4/c1-3-5-6-7-8-9-10-11-12-13-14-15-16-17-18-19-20-21-22-23-24-29-32(35)36-30(26-4-2)27-25-28-31(33)34/h5-6,8-9,11-12,14-15,30H,3-4,7,10,13,16-29H2,1-2H3,(H,33,34)/b6-5-,9-8-,12-11-,15-14-. The summed E-state index contributed by atoms with van der Waals surface area (Å²) in [6.07, 6.45) is 36.3. The molecule has 0 amide bonds. The summed E-state index contributed by atoms with van der Waals surface area (Å²) in [6, 6.07) is 0. The van der Waals surface area contributed by atoms with E-state index in [0.717, 1.165) is 51.4 Å². The predicted molar refractivity (Wildman–Crippen MR) is 153 cm³/mol. The summed E-state index contributed by atoms with van der Waals surface area (Å²) in [5.41, 5.74) is 0. The van der Waals surface area contributed by atoms with Crippen LogP contribution in [-0.2, 0) is 14.3 Å². The lowest BCUT2D eigenvalue weighted by atomic mass is 10.1. The van der Waals surface area contributed by atoms with Gasteiger partial charge < -0.3 is 9.84 Å². The molecule has 0 aliphatic rings. The molecule has 206 valence electrons. The Morgan fingerprint density at radius 1 is 0.639 bits per heavy atom. The van der Waals surface area contributed by atoms with Crippen LogP contribution in [0, 0.1) is 0 Å². The van der Waals surface area contributed by atoms with Crippen LogP contribution < -0.4 is 0 Å². The Morgan fingerprint density at radius 3 is 1.72 bits per heavy atom. The molecule has 0 saturated carbocycles. The highest BCUT2D eigenvalue weighted by Gasteiger charge is 2.14. The fourth-order valence-corrected chi connectivity index (χ4v) is 4.00. The van der Waals surface area contributed by atoms with Crippen molar-refractivity contribution in [3.8, 4) is 0 Å². The zero-order valence-electron chi connectivity index (χ0n) is 23.3. The van der Waals surface area contributed by atoms with Gasteiger partial charge in [0.2, 0.25) is 0 Å². The Balaban J connectivity index is 3.53. The van der Waals surface area contributed by atoms with E-state index in [1.165, 1.54) is 44.9 Å². The summed E-state index contributed by atoms with van der Waals surface area (Å²) in [6.45, 7) is 4.22. The number of esters is 1. The van der Waals surface area contributed by atoms with E-state index in [4.69, 9.17) is 9.84 Å². The van der Waals surface area contributed by atoms with Gasteiger partial charge in [0, 0.05) is 12.8 Å². The van der Waals surface area contributed by atoms with Crippen molar-refractivity contribution in [2.75, 3.05) is 0 Å². The number of ether oxygens (including phenoxy) is 1. The van der Waals surface area contributed by atoms with E-state index in [0.29, 0.717) is 19.3 Å². The number of hydrogen-bond acceptors (Lipinski definition) is 3. The van der Waals surface area contributed by atoms with Crippen LogP contribution in [0.2, 0.25) is 0 Å². The molecule has 1 unspecified atom stereocenters. The lowest BCUT2D eigenvalue weighted by molar-refractivity contribution is -0.150. The average molecular weight is 503 g/mol. The molecule has 0 spiro atoms. The average Bonchev–Trinajstić information content (AvgIpc) is 2.85. The van der Waals surface area contributed by atoms with Gasteiger partial charge in [-0.2, -0.15) is 0 Å². The normalized spacial score (nSPS) is 12.9. The van der Waals surface area contributed by atoms with Gasteiger partial charge in [-0.25, -0.2) is 0 Å². The van der Waals surface area contributed by atoms with Crippen molar-refractivity contribution in [1.29, 1.82) is 0 Å². The van der Waals surface area contributed by atoms with E-state index in [-0.39, 0.29) is 18.5 Å². The molecule has 0 bridgehead atoms. The molecule has 1 N–H and O–H groups in total. The van der Waals surface area contributed by atoms with E-state index in [9.17, 15) is 9.59 Å². The quantitative estimate of drug-likeness (QED) is 0.0766. The number of carboxylic acid groups (broad SMARTS) is 1. The topological polar surface area (TPSA) is 63.6 Å². The molecule has 0 heterocycles. The first-order valence-corrected chi connectivity index (χ1v) is 14.6. The van der Waals surface area contributed by atoms with Crippen molar-refractivity contribution in [1.82, 2.24) is 0 Å². The van der Waals surface area contributed by atoms with Crippen molar-refractivity contribution < 1.29 is 19.4 Å². The third kappa shape index (κ3) is 26.5. The van der Waals surface area contributed by atoms with Crippen LogP contribution in [0.15, 0.2) is 48.6 Å². The molecule has 0 aliphatic carbocycles. The first kappa shape index (κ1) is 33.9. The number of carbonyl (C=O) groups excluding carboxylic acids is 1. The summed E-state index contributed by atoms with van der Waals surface area (Å²) >= 11 is 0. The number of carboxylic acids is 1. The number of aliphatic carboxylic acids is 1. The number of unbranched alkanes of at least 4 members (excludes halogenated alkanes) is 8. The molecule has 4 heteroatoms. The molecule has 1 atom stereocenters. The van der Waals surface area contributed by atoms with Crippen LogP contribution in [-0.4, -0.2) is 23.1 Å². The van der Waals surface area contributed by atoms with Gasteiger partial charge in [-0.15, -0.1) is 0 Å². The Bertz CT molecular complexity index is 630. The summed E-state index contributed by atoms with van der Waals surface area (Å²) in [5.74, 6) is -0.915. The van der Waals surface area contributed by atoms with Crippen molar-refractivity contribution in [3.05, 3.63) is 48.6 Å². The molecule has 0 radical (unpaired) electrons. The van der Waals surface area contributed by atoms with Crippen LogP contribution in [0.25, 0.3) is 0 Å². The first-order chi connectivity index (χ1) is 17.6. The van der Waals surface area contributed by atoms with Gasteiger partial charge in [0.05, 0.1) is 0 Å². The van der Waals surface area contributed by atoms with Gasteiger partial charge in [0.15, 0.2) is 0 Å². The third-order valence-electron chi connectivity index (χ3n) is 6.05. The van der Waals surface area contributed by atoms with Gasteiger partial charge in [-0.05, 0) is 64.2 Å². The second-order valence-electron chi connectivity index (χ2n) is 9.55. The van der Waals surface area contributed by atoms with E-state index in [2.05, 4.69) is 62.5 Å². The lowest BCUT2D eigenvalue weighted by Gasteiger charge is -2.17. The highest BCUT2D eigenvalue weighted by Crippen LogP contribution is 2.15. The number of allylic oxidation sites excluding steroid dienone is 8. The molecule has 4 nitrogen and oxygen atoms in total. The zero-order chi connectivity index (χ0) is 26.5.